The number of nitrogens with one attached hydrogen (secondary N) is 3. The quantitative estimate of drug-likeness (QED) is 0.550. The molecule has 1 aromatic rings. The third kappa shape index (κ3) is 5.42. The van der Waals surface area contributed by atoms with E-state index in [1.807, 2.05) is 6.92 Å². The van der Waals surface area contributed by atoms with Gasteiger partial charge in [-0.15, -0.1) is 0 Å². The second kappa shape index (κ2) is 7.28. The highest BCUT2D eigenvalue weighted by molar-refractivity contribution is 7.80. The molecule has 3 N–H and O–H groups in total. The Morgan fingerprint density at radius 3 is 2.72 bits per heavy atom. The number of halogens is 1. The molecule has 3 nitrogen and oxygen atoms in total. The van der Waals surface area contributed by atoms with Crippen LogP contribution in [0.2, 0.25) is 0 Å². The van der Waals surface area contributed by atoms with E-state index in [1.54, 1.807) is 6.07 Å². The van der Waals surface area contributed by atoms with E-state index in [9.17, 15) is 4.39 Å². The van der Waals surface area contributed by atoms with Gasteiger partial charge in [0, 0.05) is 18.7 Å². The fraction of sp³-hybridized carbons (Fsp3) is 0.462. The Morgan fingerprint density at radius 2 is 2.11 bits per heavy atom. The van der Waals surface area contributed by atoms with Crippen LogP contribution in [0.15, 0.2) is 18.2 Å². The number of rotatable bonds is 5. The molecule has 0 bridgehead atoms. The van der Waals surface area contributed by atoms with Crippen LogP contribution in [0.1, 0.15) is 12.0 Å². The Labute approximate surface area is 113 Å². The molecule has 0 aromatic heterocycles. The maximum Gasteiger partial charge on any atom is 0.170 e. The highest BCUT2D eigenvalue weighted by Crippen LogP contribution is 2.15. The number of hydrogen-bond donors (Lipinski definition) is 3. The summed E-state index contributed by atoms with van der Waals surface area (Å²) in [5.74, 6) is -0.231. The third-order valence-electron chi connectivity index (χ3n) is 2.58. The second-order valence-corrected chi connectivity index (χ2v) is 5.06. The van der Waals surface area contributed by atoms with Crippen molar-refractivity contribution in [1.82, 2.24) is 5.32 Å². The van der Waals surface area contributed by atoms with Crippen LogP contribution in [-0.2, 0) is 0 Å². The zero-order valence-corrected chi connectivity index (χ0v) is 12.0. The molecule has 18 heavy (non-hydrogen) atoms. The van der Waals surface area contributed by atoms with Crippen LogP contribution in [0, 0.1) is 12.7 Å². The highest BCUT2D eigenvalue weighted by atomic mass is 32.1. The van der Waals surface area contributed by atoms with Gasteiger partial charge in [0.1, 0.15) is 5.82 Å². The third-order valence-corrected chi connectivity index (χ3v) is 2.82. The number of benzene rings is 1. The molecular weight excluding hydrogens is 249 g/mol. The molecule has 1 aromatic carbocycles. The number of quaternary nitrogens is 1. The van der Waals surface area contributed by atoms with E-state index < -0.39 is 0 Å². The molecule has 0 aliphatic carbocycles. The monoisotopic (exact) mass is 270 g/mol. The summed E-state index contributed by atoms with van der Waals surface area (Å²) in [5, 5.41) is 6.80. The molecule has 0 saturated heterocycles. The van der Waals surface area contributed by atoms with Gasteiger partial charge in [0.05, 0.1) is 20.6 Å². The molecule has 0 fully saturated rings. The van der Waals surface area contributed by atoms with Gasteiger partial charge in [-0.2, -0.15) is 0 Å². The van der Waals surface area contributed by atoms with E-state index in [2.05, 4.69) is 24.7 Å². The molecule has 0 heterocycles. The summed E-state index contributed by atoms with van der Waals surface area (Å²) in [5.41, 5.74) is 1.68. The van der Waals surface area contributed by atoms with Gasteiger partial charge in [0.25, 0.3) is 0 Å². The van der Waals surface area contributed by atoms with Gasteiger partial charge in [0.2, 0.25) is 0 Å². The number of hydrogen-bond acceptors (Lipinski definition) is 1. The van der Waals surface area contributed by atoms with Crippen LogP contribution in [0.25, 0.3) is 0 Å². The average molecular weight is 270 g/mol. The minimum Gasteiger partial charge on any atom is -0.362 e. The maximum absolute atomic E-state index is 12.9. The van der Waals surface area contributed by atoms with E-state index in [4.69, 9.17) is 12.2 Å². The summed E-state index contributed by atoms with van der Waals surface area (Å²) < 4.78 is 12.9. The SMILES string of the molecule is Cc1cc(F)ccc1NC(=S)NCCC[NH+](C)C. The minimum absolute atomic E-state index is 0.231. The molecule has 0 spiro atoms. The van der Waals surface area contributed by atoms with E-state index in [0.717, 1.165) is 30.8 Å². The molecule has 0 amide bonds. The number of anilines is 1. The molecule has 0 aliphatic heterocycles. The Hall–Kier alpha value is -1.20. The minimum atomic E-state index is -0.231. The molecular formula is C13H21FN3S+. The topological polar surface area (TPSA) is 28.5 Å². The lowest BCUT2D eigenvalue weighted by Crippen LogP contribution is -3.05. The van der Waals surface area contributed by atoms with Crippen molar-refractivity contribution in [1.29, 1.82) is 0 Å². The van der Waals surface area contributed by atoms with Gasteiger partial charge in [0.15, 0.2) is 5.11 Å². The average Bonchev–Trinajstić information content (AvgIpc) is 2.28. The zero-order chi connectivity index (χ0) is 13.5. The normalized spacial score (nSPS) is 10.5. The van der Waals surface area contributed by atoms with Crippen molar-refractivity contribution in [2.75, 3.05) is 32.5 Å². The smallest absolute Gasteiger partial charge is 0.170 e. The molecule has 0 radical (unpaired) electrons. The van der Waals surface area contributed by atoms with Crippen molar-refractivity contribution in [3.63, 3.8) is 0 Å². The summed E-state index contributed by atoms with van der Waals surface area (Å²) in [6.45, 7) is 3.80. The molecule has 0 saturated carbocycles. The Kier molecular flexibility index (Phi) is 6.01. The van der Waals surface area contributed by atoms with E-state index >= 15 is 0 Å². The highest BCUT2D eigenvalue weighted by Gasteiger charge is 2.02. The predicted molar refractivity (Wildman–Crippen MR) is 77.7 cm³/mol. The van der Waals surface area contributed by atoms with Crippen molar-refractivity contribution in [2.24, 2.45) is 0 Å². The summed E-state index contributed by atoms with van der Waals surface area (Å²) >= 11 is 5.18. The number of aryl methyl sites for hydroxylation is 1. The van der Waals surface area contributed by atoms with Crippen molar-refractivity contribution in [3.05, 3.63) is 29.6 Å². The van der Waals surface area contributed by atoms with Crippen LogP contribution < -0.4 is 15.5 Å². The molecule has 1 rings (SSSR count). The lowest BCUT2D eigenvalue weighted by atomic mass is 10.2. The van der Waals surface area contributed by atoms with E-state index in [0.29, 0.717) is 5.11 Å². The zero-order valence-electron chi connectivity index (χ0n) is 11.1. The van der Waals surface area contributed by atoms with Gasteiger partial charge in [-0.05, 0) is 42.9 Å². The van der Waals surface area contributed by atoms with Crippen molar-refractivity contribution >= 4 is 23.0 Å². The Morgan fingerprint density at radius 1 is 1.39 bits per heavy atom. The van der Waals surface area contributed by atoms with Gasteiger partial charge in [-0.1, -0.05) is 0 Å². The van der Waals surface area contributed by atoms with Crippen LogP contribution >= 0.6 is 12.2 Å². The summed E-state index contributed by atoms with van der Waals surface area (Å²) in [4.78, 5) is 1.42. The summed E-state index contributed by atoms with van der Waals surface area (Å²) in [6, 6.07) is 4.61. The Balaban J connectivity index is 2.35. The fourth-order valence-electron chi connectivity index (χ4n) is 1.58. The van der Waals surface area contributed by atoms with Crippen molar-refractivity contribution in [2.45, 2.75) is 13.3 Å². The van der Waals surface area contributed by atoms with Gasteiger partial charge >= 0.3 is 0 Å². The first-order chi connectivity index (χ1) is 8.49. The van der Waals surface area contributed by atoms with E-state index in [-0.39, 0.29) is 5.82 Å². The molecule has 5 heteroatoms. The van der Waals surface area contributed by atoms with Gasteiger partial charge in [-0.25, -0.2) is 4.39 Å². The maximum atomic E-state index is 12.9. The van der Waals surface area contributed by atoms with Crippen LogP contribution in [-0.4, -0.2) is 32.3 Å². The first kappa shape index (κ1) is 14.9. The van der Waals surface area contributed by atoms with Crippen molar-refractivity contribution < 1.29 is 9.29 Å². The van der Waals surface area contributed by atoms with Crippen LogP contribution in [0.3, 0.4) is 0 Å². The lowest BCUT2D eigenvalue weighted by molar-refractivity contribution is -0.858. The molecule has 0 atom stereocenters. The number of thiocarbonyl (C=S) groups is 1. The van der Waals surface area contributed by atoms with Crippen LogP contribution in [0.4, 0.5) is 10.1 Å². The first-order valence-corrected chi connectivity index (χ1v) is 6.50. The lowest BCUT2D eigenvalue weighted by Gasteiger charge is -2.13. The Bertz CT molecular complexity index is 407. The van der Waals surface area contributed by atoms with Crippen LogP contribution in [0.5, 0.6) is 0 Å². The molecule has 0 aliphatic rings. The molecule has 0 unspecified atom stereocenters. The summed E-state index contributed by atoms with van der Waals surface area (Å²) in [6.07, 6.45) is 1.06. The van der Waals surface area contributed by atoms with Gasteiger partial charge in [-0.3, -0.25) is 0 Å². The standard InChI is InChI=1S/C13H20FN3S/c1-10-9-11(14)5-6-12(10)16-13(18)15-7-4-8-17(2)3/h5-6,9H,4,7-8H2,1-3H3,(H2,15,16,18)/p+1. The fourth-order valence-corrected chi connectivity index (χ4v) is 1.79. The predicted octanol–water partition coefficient (Wildman–Crippen LogP) is 0.955. The molecule has 100 valence electrons. The second-order valence-electron chi connectivity index (χ2n) is 4.65. The van der Waals surface area contributed by atoms with Gasteiger partial charge < -0.3 is 15.5 Å². The summed E-state index contributed by atoms with van der Waals surface area (Å²) in [7, 11) is 4.25. The van der Waals surface area contributed by atoms with Crippen molar-refractivity contribution in [3.8, 4) is 0 Å². The van der Waals surface area contributed by atoms with E-state index in [1.165, 1.54) is 17.0 Å². The largest absolute Gasteiger partial charge is 0.362 e. The first-order valence-electron chi connectivity index (χ1n) is 6.09.